The monoisotopic (exact) mass is 432 g/mol. The van der Waals surface area contributed by atoms with Gasteiger partial charge < -0.3 is 33.5 Å². The maximum atomic E-state index is 12.0. The second-order valence-corrected chi connectivity index (χ2v) is 4.91. The van der Waals surface area contributed by atoms with Crippen molar-refractivity contribution in [1.82, 2.24) is 4.57 Å². The first-order chi connectivity index (χ1) is 10.5. The second-order valence-electron chi connectivity index (χ2n) is 4.91. The molecule has 0 amide bonds. The van der Waals surface area contributed by atoms with Gasteiger partial charge in [-0.15, -0.1) is 0 Å². The number of aryl methyl sites for hydroxylation is 2. The zero-order valence-corrected chi connectivity index (χ0v) is 16.1. The van der Waals surface area contributed by atoms with Gasteiger partial charge in [0.15, 0.2) is 11.0 Å². The lowest BCUT2D eigenvalue weighted by atomic mass is 10.1. The van der Waals surface area contributed by atoms with Gasteiger partial charge in [-0.25, -0.2) is 18.7 Å². The number of hydrogen-bond acceptors (Lipinski definition) is 4. The molecule has 0 saturated heterocycles. The van der Waals surface area contributed by atoms with Crippen LogP contribution in [-0.4, -0.2) is 30.7 Å². The van der Waals surface area contributed by atoms with Crippen molar-refractivity contribution in [1.29, 1.82) is 0 Å². The first-order valence-electron chi connectivity index (χ1n) is 7.23. The number of methoxy groups -OCH3 is 2. The number of ether oxygens (including phenoxy) is 2. The Balaban J connectivity index is 0.00000264. The summed E-state index contributed by atoms with van der Waals surface area (Å²) in [6.45, 7) is 7.64. The van der Waals surface area contributed by atoms with E-state index < -0.39 is 11.9 Å². The smallest absolute Gasteiger partial charge is 0.338 e. The Morgan fingerprint density at radius 2 is 1.61 bits per heavy atom. The molecular weight excluding hydrogens is 411 g/mol. The fourth-order valence-electron chi connectivity index (χ4n) is 2.86. The molecule has 0 bridgehead atoms. The molecule has 0 aliphatic rings. The zero-order valence-electron chi connectivity index (χ0n) is 14.0. The Hall–Kier alpha value is -1.64. The Kier molecular flexibility index (Phi) is 6.55. The van der Waals surface area contributed by atoms with E-state index in [2.05, 4.69) is 9.13 Å². The molecule has 6 nitrogen and oxygen atoms in total. The highest BCUT2D eigenvalue weighted by Crippen LogP contribution is 2.22. The number of esters is 2. The van der Waals surface area contributed by atoms with E-state index in [1.54, 1.807) is 12.1 Å². The molecule has 0 aliphatic carbocycles. The minimum absolute atomic E-state index is 0. The van der Waals surface area contributed by atoms with E-state index in [0.29, 0.717) is 0 Å². The summed E-state index contributed by atoms with van der Waals surface area (Å²) in [5.74, 6) is -0.0310. The highest BCUT2D eigenvalue weighted by molar-refractivity contribution is 6.06. The molecule has 2 rings (SSSR count). The van der Waals surface area contributed by atoms with Crippen LogP contribution in [0.1, 0.15) is 40.4 Å². The van der Waals surface area contributed by atoms with E-state index in [0.717, 1.165) is 29.9 Å². The van der Waals surface area contributed by atoms with Crippen molar-refractivity contribution in [2.24, 2.45) is 0 Å². The average molecular weight is 432 g/mol. The Labute approximate surface area is 152 Å². The number of imidazole rings is 1. The second kappa shape index (κ2) is 7.76. The molecule has 0 saturated carbocycles. The molecule has 126 valence electrons. The number of benzene rings is 1. The molecule has 7 heteroatoms. The minimum Gasteiger partial charge on any atom is -1.00 e. The molecule has 0 radical (unpaired) electrons. The number of rotatable bonds is 4. The topological polar surface area (TPSA) is 61.4 Å². The summed E-state index contributed by atoms with van der Waals surface area (Å²) in [5, 5.41) is 0. The number of halogens is 1. The van der Waals surface area contributed by atoms with Crippen LogP contribution in [0.15, 0.2) is 12.1 Å². The number of hydrogen-bond donors (Lipinski definition) is 0. The Morgan fingerprint density at radius 3 is 2.04 bits per heavy atom. The van der Waals surface area contributed by atoms with Crippen molar-refractivity contribution >= 4 is 23.0 Å². The molecule has 2 aromatic rings. The van der Waals surface area contributed by atoms with Crippen LogP contribution in [0, 0.1) is 6.92 Å². The lowest BCUT2D eigenvalue weighted by molar-refractivity contribution is -0.674. The van der Waals surface area contributed by atoms with Gasteiger partial charge in [-0.1, -0.05) is 0 Å². The number of aromatic nitrogens is 2. The van der Waals surface area contributed by atoms with Gasteiger partial charge in [-0.05, 0) is 13.8 Å². The number of carbonyl (C=O) groups excluding carboxylic acids is 2. The predicted octanol–water partition coefficient (Wildman–Crippen LogP) is -1.15. The lowest BCUT2D eigenvalue weighted by Crippen LogP contribution is -3.00. The zero-order chi connectivity index (χ0) is 16.4. The summed E-state index contributed by atoms with van der Waals surface area (Å²) in [6, 6.07) is 3.41. The van der Waals surface area contributed by atoms with Gasteiger partial charge in [0.1, 0.15) is 0 Å². The quantitative estimate of drug-likeness (QED) is 0.348. The minimum atomic E-state index is -0.549. The van der Waals surface area contributed by atoms with Crippen molar-refractivity contribution in [3.8, 4) is 0 Å². The molecule has 1 heterocycles. The highest BCUT2D eigenvalue weighted by atomic mass is 127. The van der Waals surface area contributed by atoms with Crippen LogP contribution in [-0.2, 0) is 22.6 Å². The summed E-state index contributed by atoms with van der Waals surface area (Å²) in [6.07, 6.45) is 0. The van der Waals surface area contributed by atoms with Crippen LogP contribution < -0.4 is 28.5 Å². The third kappa shape index (κ3) is 3.19. The third-order valence-electron chi connectivity index (χ3n) is 3.92. The van der Waals surface area contributed by atoms with Crippen LogP contribution in [0.2, 0.25) is 0 Å². The van der Waals surface area contributed by atoms with Crippen LogP contribution in [0.25, 0.3) is 11.0 Å². The fourth-order valence-corrected chi connectivity index (χ4v) is 2.86. The molecule has 0 aliphatic heterocycles. The number of carbonyl (C=O) groups is 2. The fraction of sp³-hybridized carbons (Fsp3) is 0.438. The lowest BCUT2D eigenvalue weighted by Gasteiger charge is -2.06. The van der Waals surface area contributed by atoms with E-state index in [9.17, 15) is 9.59 Å². The van der Waals surface area contributed by atoms with Gasteiger partial charge >= 0.3 is 11.9 Å². The number of fused-ring (bicyclic) bond motifs is 1. The molecule has 1 aromatic carbocycles. The SMILES string of the molecule is CCn1c(C)[n+](CC)c2cc(C(=O)OC)c(C(=O)OC)cc21.[I-]. The largest absolute Gasteiger partial charge is 1.00 e. The molecule has 0 atom stereocenters. The van der Waals surface area contributed by atoms with Crippen LogP contribution >= 0.6 is 0 Å². The summed E-state index contributed by atoms with van der Waals surface area (Å²) in [4.78, 5) is 24.0. The molecule has 1 aromatic heterocycles. The summed E-state index contributed by atoms with van der Waals surface area (Å²) in [5.41, 5.74) is 2.24. The van der Waals surface area contributed by atoms with E-state index in [1.807, 2.05) is 20.8 Å². The van der Waals surface area contributed by atoms with E-state index in [1.165, 1.54) is 14.2 Å². The van der Waals surface area contributed by atoms with Gasteiger partial charge in [-0.2, -0.15) is 0 Å². The average Bonchev–Trinajstić information content (AvgIpc) is 2.81. The maximum absolute atomic E-state index is 12.0. The normalized spacial score (nSPS) is 10.3. The summed E-state index contributed by atoms with van der Waals surface area (Å²) in [7, 11) is 2.59. The van der Waals surface area contributed by atoms with Crippen molar-refractivity contribution < 1.29 is 47.6 Å². The first-order valence-corrected chi connectivity index (χ1v) is 7.23. The van der Waals surface area contributed by atoms with E-state index in [4.69, 9.17) is 9.47 Å². The van der Waals surface area contributed by atoms with Gasteiger partial charge in [0.2, 0.25) is 0 Å². The molecule has 23 heavy (non-hydrogen) atoms. The predicted molar refractivity (Wildman–Crippen MR) is 80.9 cm³/mol. The summed E-state index contributed by atoms with van der Waals surface area (Å²) >= 11 is 0. The maximum Gasteiger partial charge on any atom is 0.338 e. The van der Waals surface area contributed by atoms with E-state index >= 15 is 0 Å². The van der Waals surface area contributed by atoms with Gasteiger partial charge in [0, 0.05) is 19.1 Å². The van der Waals surface area contributed by atoms with Gasteiger partial charge in [-0.3, -0.25) is 0 Å². The van der Waals surface area contributed by atoms with Crippen molar-refractivity contribution in [3.63, 3.8) is 0 Å². The van der Waals surface area contributed by atoms with Crippen molar-refractivity contribution in [2.75, 3.05) is 14.2 Å². The van der Waals surface area contributed by atoms with E-state index in [-0.39, 0.29) is 35.1 Å². The Bertz CT molecular complexity index is 691. The van der Waals surface area contributed by atoms with Crippen molar-refractivity contribution in [2.45, 2.75) is 33.9 Å². The van der Waals surface area contributed by atoms with Crippen LogP contribution in [0.5, 0.6) is 0 Å². The molecule has 0 fully saturated rings. The van der Waals surface area contributed by atoms with Crippen molar-refractivity contribution in [3.05, 3.63) is 29.1 Å². The van der Waals surface area contributed by atoms with Crippen LogP contribution in [0.3, 0.4) is 0 Å². The molecule has 0 N–H and O–H groups in total. The van der Waals surface area contributed by atoms with Gasteiger partial charge in [0.25, 0.3) is 5.82 Å². The Morgan fingerprint density at radius 1 is 1.09 bits per heavy atom. The summed E-state index contributed by atoms with van der Waals surface area (Å²) < 4.78 is 13.8. The molecule has 0 unspecified atom stereocenters. The third-order valence-corrected chi connectivity index (χ3v) is 3.92. The number of nitrogens with zero attached hydrogens (tertiary/aromatic N) is 2. The van der Waals surface area contributed by atoms with Crippen LogP contribution in [0.4, 0.5) is 0 Å². The standard InChI is InChI=1S/C16H21N2O4.HI/c1-6-17-10(3)18(7-2)14-9-12(16(20)22-5)11(8-13(14)17)15(19)21-4;/h8-9H,6-7H2,1-5H3;1H/q+1;/p-1. The molecule has 0 spiro atoms. The first kappa shape index (κ1) is 19.4. The highest BCUT2D eigenvalue weighted by Gasteiger charge is 2.27. The molecular formula is C16H21IN2O4. The van der Waals surface area contributed by atoms with Gasteiger partial charge in [0.05, 0.1) is 38.4 Å².